The molecule has 4 heteroatoms. The molecule has 0 radical (unpaired) electrons. The Bertz CT molecular complexity index is 166. The summed E-state index contributed by atoms with van der Waals surface area (Å²) in [7, 11) is 1.68. The molecular formula is C8H16N2O2. The summed E-state index contributed by atoms with van der Waals surface area (Å²) in [5.41, 5.74) is 0. The third kappa shape index (κ3) is 4.85. The molecule has 0 rings (SSSR count). The van der Waals surface area contributed by atoms with Gasteiger partial charge in [-0.3, -0.25) is 9.59 Å². The van der Waals surface area contributed by atoms with E-state index in [4.69, 9.17) is 0 Å². The lowest BCUT2D eigenvalue weighted by Gasteiger charge is -2.05. The Kier molecular flexibility index (Phi) is 5.28. The van der Waals surface area contributed by atoms with Gasteiger partial charge in [-0.05, 0) is 7.05 Å². The Morgan fingerprint density at radius 1 is 1.25 bits per heavy atom. The number of ketones is 1. The zero-order valence-corrected chi connectivity index (χ0v) is 7.81. The second-order valence-corrected chi connectivity index (χ2v) is 2.93. The standard InChI is InChI=1S/C8H16N2O2/c1-6(2)7(11)4-10-8(12)5-9-3/h6,9H,4-5H2,1-3H3,(H,10,12). The fourth-order valence-electron chi connectivity index (χ4n) is 0.613. The van der Waals surface area contributed by atoms with Gasteiger partial charge in [0.2, 0.25) is 5.91 Å². The number of amides is 1. The highest BCUT2D eigenvalue weighted by molar-refractivity contribution is 5.87. The van der Waals surface area contributed by atoms with Gasteiger partial charge in [-0.25, -0.2) is 0 Å². The number of hydrogen-bond acceptors (Lipinski definition) is 3. The third-order valence-corrected chi connectivity index (χ3v) is 1.44. The smallest absolute Gasteiger partial charge is 0.234 e. The fourth-order valence-corrected chi connectivity index (χ4v) is 0.613. The summed E-state index contributed by atoms with van der Waals surface area (Å²) in [4.78, 5) is 21.9. The van der Waals surface area contributed by atoms with Crippen LogP contribution in [0.25, 0.3) is 0 Å². The molecule has 0 aromatic rings. The van der Waals surface area contributed by atoms with Crippen molar-refractivity contribution in [3.05, 3.63) is 0 Å². The van der Waals surface area contributed by atoms with Gasteiger partial charge in [-0.2, -0.15) is 0 Å². The first-order valence-electron chi connectivity index (χ1n) is 4.02. The van der Waals surface area contributed by atoms with Crippen molar-refractivity contribution in [2.45, 2.75) is 13.8 Å². The molecule has 0 saturated carbocycles. The van der Waals surface area contributed by atoms with Crippen molar-refractivity contribution >= 4 is 11.7 Å². The first-order chi connectivity index (χ1) is 5.57. The summed E-state index contributed by atoms with van der Waals surface area (Å²) >= 11 is 0. The first-order valence-corrected chi connectivity index (χ1v) is 4.02. The second-order valence-electron chi connectivity index (χ2n) is 2.93. The zero-order chi connectivity index (χ0) is 9.56. The highest BCUT2D eigenvalue weighted by Crippen LogP contribution is 1.91. The maximum absolute atomic E-state index is 11.0. The van der Waals surface area contributed by atoms with Crippen LogP contribution in [0.4, 0.5) is 0 Å². The number of carbonyl (C=O) groups is 2. The zero-order valence-electron chi connectivity index (χ0n) is 7.81. The highest BCUT2D eigenvalue weighted by atomic mass is 16.2. The maximum atomic E-state index is 11.0. The summed E-state index contributed by atoms with van der Waals surface area (Å²) < 4.78 is 0. The molecule has 0 spiro atoms. The minimum Gasteiger partial charge on any atom is -0.348 e. The van der Waals surface area contributed by atoms with Crippen LogP contribution in [0, 0.1) is 5.92 Å². The second kappa shape index (κ2) is 5.71. The lowest BCUT2D eigenvalue weighted by atomic mass is 10.1. The molecule has 1 amide bonds. The van der Waals surface area contributed by atoms with Gasteiger partial charge >= 0.3 is 0 Å². The summed E-state index contributed by atoms with van der Waals surface area (Å²) in [5.74, 6) is -0.106. The van der Waals surface area contributed by atoms with Crippen molar-refractivity contribution in [2.24, 2.45) is 5.92 Å². The first kappa shape index (κ1) is 11.1. The van der Waals surface area contributed by atoms with Gasteiger partial charge in [0.05, 0.1) is 13.1 Å². The van der Waals surface area contributed by atoms with E-state index in [1.165, 1.54) is 0 Å². The van der Waals surface area contributed by atoms with Crippen molar-refractivity contribution in [1.82, 2.24) is 10.6 Å². The van der Waals surface area contributed by atoms with Crippen LogP contribution >= 0.6 is 0 Å². The molecule has 0 aliphatic heterocycles. The molecule has 2 N–H and O–H groups in total. The molecule has 0 aromatic carbocycles. The van der Waals surface area contributed by atoms with Gasteiger partial charge < -0.3 is 10.6 Å². The van der Waals surface area contributed by atoms with Crippen molar-refractivity contribution in [3.63, 3.8) is 0 Å². The van der Waals surface area contributed by atoms with E-state index in [0.717, 1.165) is 0 Å². The topological polar surface area (TPSA) is 58.2 Å². The van der Waals surface area contributed by atoms with Crippen molar-refractivity contribution in [2.75, 3.05) is 20.1 Å². The van der Waals surface area contributed by atoms with Gasteiger partial charge in [0.25, 0.3) is 0 Å². The minimum absolute atomic E-state index is 0.0140. The van der Waals surface area contributed by atoms with Gasteiger partial charge in [-0.1, -0.05) is 13.8 Å². The maximum Gasteiger partial charge on any atom is 0.234 e. The van der Waals surface area contributed by atoms with Crippen LogP contribution in [-0.4, -0.2) is 31.8 Å². The molecule has 4 nitrogen and oxygen atoms in total. The molecule has 12 heavy (non-hydrogen) atoms. The third-order valence-electron chi connectivity index (χ3n) is 1.44. The van der Waals surface area contributed by atoms with Gasteiger partial charge in [0.1, 0.15) is 0 Å². The van der Waals surface area contributed by atoms with Crippen molar-refractivity contribution in [1.29, 1.82) is 0 Å². The quantitative estimate of drug-likeness (QED) is 0.590. The number of rotatable bonds is 5. The van der Waals surface area contributed by atoms with E-state index in [1.807, 2.05) is 13.8 Å². The molecule has 0 fully saturated rings. The number of carbonyl (C=O) groups excluding carboxylic acids is 2. The average Bonchev–Trinajstić information content (AvgIpc) is 2.00. The molecule has 0 atom stereocenters. The van der Waals surface area contributed by atoms with Crippen molar-refractivity contribution < 1.29 is 9.59 Å². The van der Waals surface area contributed by atoms with E-state index in [9.17, 15) is 9.59 Å². The average molecular weight is 172 g/mol. The van der Waals surface area contributed by atoms with E-state index in [1.54, 1.807) is 7.05 Å². The molecule has 70 valence electrons. The summed E-state index contributed by atoms with van der Waals surface area (Å²) in [6, 6.07) is 0. The Morgan fingerprint density at radius 2 is 1.83 bits per heavy atom. The number of nitrogens with one attached hydrogen (secondary N) is 2. The summed E-state index contributed by atoms with van der Waals surface area (Å²) in [6.07, 6.45) is 0. The van der Waals surface area contributed by atoms with E-state index in [0.29, 0.717) is 0 Å². The molecule has 0 aliphatic carbocycles. The molecule has 0 aliphatic rings. The van der Waals surface area contributed by atoms with Crippen LogP contribution in [0.2, 0.25) is 0 Å². The number of likely N-dealkylation sites (N-methyl/N-ethyl adjacent to an activating group) is 1. The van der Waals surface area contributed by atoms with Crippen LogP contribution in [0.3, 0.4) is 0 Å². The van der Waals surface area contributed by atoms with E-state index < -0.39 is 0 Å². The molecule has 0 saturated heterocycles. The van der Waals surface area contributed by atoms with Gasteiger partial charge in [-0.15, -0.1) is 0 Å². The SMILES string of the molecule is CNCC(=O)NCC(=O)C(C)C. The van der Waals surface area contributed by atoms with Gasteiger partial charge in [0.15, 0.2) is 5.78 Å². The molecular weight excluding hydrogens is 156 g/mol. The van der Waals surface area contributed by atoms with Crippen molar-refractivity contribution in [3.8, 4) is 0 Å². The monoisotopic (exact) mass is 172 g/mol. The minimum atomic E-state index is -0.147. The van der Waals surface area contributed by atoms with Crippen LogP contribution in [0.15, 0.2) is 0 Å². The van der Waals surface area contributed by atoms with Crippen LogP contribution in [0.5, 0.6) is 0 Å². The Labute approximate surface area is 72.7 Å². The van der Waals surface area contributed by atoms with Gasteiger partial charge in [0, 0.05) is 5.92 Å². The van der Waals surface area contributed by atoms with E-state index in [2.05, 4.69) is 10.6 Å². The molecule has 0 bridgehead atoms. The predicted molar refractivity (Wildman–Crippen MR) is 46.8 cm³/mol. The highest BCUT2D eigenvalue weighted by Gasteiger charge is 2.07. The number of Topliss-reactive ketones (excluding diaryl/α,β-unsaturated/α-hetero) is 1. The number of hydrogen-bond donors (Lipinski definition) is 2. The van der Waals surface area contributed by atoms with E-state index in [-0.39, 0.29) is 30.7 Å². The van der Waals surface area contributed by atoms with Crippen LogP contribution in [0.1, 0.15) is 13.8 Å². The fraction of sp³-hybridized carbons (Fsp3) is 0.750. The van der Waals surface area contributed by atoms with Crippen LogP contribution < -0.4 is 10.6 Å². The summed E-state index contributed by atoms with van der Waals surface area (Å²) in [6.45, 7) is 4.02. The lowest BCUT2D eigenvalue weighted by molar-refractivity contribution is -0.125. The molecule has 0 aromatic heterocycles. The Hall–Kier alpha value is -0.900. The normalized spacial score (nSPS) is 10.0. The predicted octanol–water partition coefficient (Wildman–Crippen LogP) is -0.453. The Morgan fingerprint density at radius 3 is 2.25 bits per heavy atom. The Balaban J connectivity index is 3.54. The lowest BCUT2D eigenvalue weighted by Crippen LogP contribution is -2.36. The summed E-state index contributed by atoms with van der Waals surface area (Å²) in [5, 5.41) is 5.21. The largest absolute Gasteiger partial charge is 0.348 e. The molecule has 0 unspecified atom stereocenters. The van der Waals surface area contributed by atoms with E-state index >= 15 is 0 Å². The van der Waals surface area contributed by atoms with Crippen LogP contribution in [-0.2, 0) is 9.59 Å². The molecule has 0 heterocycles.